The van der Waals surface area contributed by atoms with Crippen molar-refractivity contribution in [3.05, 3.63) is 34.2 Å². The zero-order valence-electron chi connectivity index (χ0n) is 9.50. The van der Waals surface area contributed by atoms with Gasteiger partial charge < -0.3 is 4.57 Å². The number of aromatic nitrogens is 1. The summed E-state index contributed by atoms with van der Waals surface area (Å²) in [5.41, 5.74) is 1.46. The van der Waals surface area contributed by atoms with Gasteiger partial charge in [0.25, 0.3) is 0 Å². The molecule has 1 rings (SSSR count). The molecule has 14 heavy (non-hydrogen) atoms. The van der Waals surface area contributed by atoms with Crippen LogP contribution in [-0.2, 0) is 12.5 Å². The Morgan fingerprint density at radius 2 is 2.00 bits per heavy atom. The van der Waals surface area contributed by atoms with Gasteiger partial charge >= 0.3 is 0 Å². The molecule has 0 aliphatic rings. The summed E-state index contributed by atoms with van der Waals surface area (Å²) in [5.74, 6) is 0. The highest BCUT2D eigenvalue weighted by atomic mass is 16.1. The molecule has 0 aromatic carbocycles. The van der Waals surface area contributed by atoms with Crippen molar-refractivity contribution in [2.75, 3.05) is 0 Å². The van der Waals surface area contributed by atoms with E-state index in [1.807, 2.05) is 12.3 Å². The molecule has 0 aliphatic carbocycles. The van der Waals surface area contributed by atoms with Gasteiger partial charge in [0, 0.05) is 19.3 Å². The molecule has 0 N–H and O–H groups in total. The number of pyridine rings is 1. The fourth-order valence-corrected chi connectivity index (χ4v) is 1.76. The van der Waals surface area contributed by atoms with E-state index in [0.29, 0.717) is 0 Å². The molecule has 78 valence electrons. The summed E-state index contributed by atoms with van der Waals surface area (Å²) in [6.45, 7) is 6.62. The summed E-state index contributed by atoms with van der Waals surface area (Å²) in [6, 6.07) is 3.59. The summed E-state index contributed by atoms with van der Waals surface area (Å²) < 4.78 is 1.65. The Labute approximate surface area is 85.6 Å². The van der Waals surface area contributed by atoms with E-state index < -0.39 is 0 Å². The van der Waals surface area contributed by atoms with Crippen molar-refractivity contribution < 1.29 is 0 Å². The highest BCUT2D eigenvalue weighted by molar-refractivity contribution is 5.19. The van der Waals surface area contributed by atoms with Gasteiger partial charge in [-0.15, -0.1) is 0 Å². The second-order valence-corrected chi connectivity index (χ2v) is 4.50. The minimum Gasteiger partial charge on any atom is -0.318 e. The van der Waals surface area contributed by atoms with Crippen LogP contribution in [0.2, 0.25) is 0 Å². The smallest absolute Gasteiger partial charge is 0.250 e. The van der Waals surface area contributed by atoms with E-state index in [0.717, 1.165) is 12.8 Å². The average Bonchev–Trinajstić information content (AvgIpc) is 2.09. The fraction of sp³-hybridized carbons (Fsp3) is 0.583. The van der Waals surface area contributed by atoms with Gasteiger partial charge in [0.2, 0.25) is 5.56 Å². The van der Waals surface area contributed by atoms with Crippen LogP contribution in [0.4, 0.5) is 0 Å². The van der Waals surface area contributed by atoms with Crippen LogP contribution in [0.25, 0.3) is 0 Å². The number of hydrogen-bond acceptors (Lipinski definition) is 1. The lowest BCUT2D eigenvalue weighted by molar-refractivity contribution is 0.468. The van der Waals surface area contributed by atoms with E-state index in [2.05, 4.69) is 20.8 Å². The molecule has 1 aromatic rings. The Bertz CT molecular complexity index is 363. The molecule has 0 amide bonds. The van der Waals surface area contributed by atoms with Crippen molar-refractivity contribution in [1.29, 1.82) is 0 Å². The molecular formula is C12H19NO. The van der Waals surface area contributed by atoms with Crippen LogP contribution in [0.15, 0.2) is 23.1 Å². The predicted octanol–water partition coefficient (Wildman–Crippen LogP) is 2.46. The highest BCUT2D eigenvalue weighted by Crippen LogP contribution is 2.27. The lowest BCUT2D eigenvalue weighted by Gasteiger charge is -2.24. The van der Waals surface area contributed by atoms with Crippen molar-refractivity contribution in [2.45, 2.75) is 39.0 Å². The van der Waals surface area contributed by atoms with Crippen LogP contribution in [0, 0.1) is 0 Å². The Morgan fingerprint density at radius 3 is 2.50 bits per heavy atom. The minimum atomic E-state index is 0.0565. The van der Waals surface area contributed by atoms with Crippen molar-refractivity contribution >= 4 is 0 Å². The molecule has 0 radical (unpaired) electrons. The maximum absolute atomic E-state index is 11.2. The molecule has 0 fully saturated rings. The minimum absolute atomic E-state index is 0.0565. The quantitative estimate of drug-likeness (QED) is 0.722. The van der Waals surface area contributed by atoms with Gasteiger partial charge in [-0.25, -0.2) is 0 Å². The van der Waals surface area contributed by atoms with E-state index >= 15 is 0 Å². The van der Waals surface area contributed by atoms with E-state index in [4.69, 9.17) is 0 Å². The Hall–Kier alpha value is -1.05. The van der Waals surface area contributed by atoms with Crippen LogP contribution in [-0.4, -0.2) is 4.57 Å². The monoisotopic (exact) mass is 193 g/mol. The van der Waals surface area contributed by atoms with Crippen molar-refractivity contribution in [3.63, 3.8) is 0 Å². The molecule has 0 saturated heterocycles. The van der Waals surface area contributed by atoms with Gasteiger partial charge in [0.05, 0.1) is 0 Å². The SMILES string of the molecule is CCCC(C)(C)c1ccc(=O)n(C)c1. The second kappa shape index (κ2) is 3.99. The molecule has 1 aromatic heterocycles. The topological polar surface area (TPSA) is 22.0 Å². The molecule has 0 spiro atoms. The van der Waals surface area contributed by atoms with Crippen LogP contribution in [0.5, 0.6) is 0 Å². The van der Waals surface area contributed by atoms with Crippen LogP contribution >= 0.6 is 0 Å². The summed E-state index contributed by atoms with van der Waals surface area (Å²) in [5, 5.41) is 0. The molecule has 2 heteroatoms. The van der Waals surface area contributed by atoms with Gasteiger partial charge in [0.15, 0.2) is 0 Å². The molecular weight excluding hydrogens is 174 g/mol. The van der Waals surface area contributed by atoms with Gasteiger partial charge in [-0.2, -0.15) is 0 Å². The highest BCUT2D eigenvalue weighted by Gasteiger charge is 2.19. The van der Waals surface area contributed by atoms with Crippen molar-refractivity contribution in [3.8, 4) is 0 Å². The van der Waals surface area contributed by atoms with Crippen LogP contribution in [0.3, 0.4) is 0 Å². The largest absolute Gasteiger partial charge is 0.318 e. The molecule has 2 nitrogen and oxygen atoms in total. The second-order valence-electron chi connectivity index (χ2n) is 4.50. The Kier molecular flexibility index (Phi) is 3.14. The zero-order chi connectivity index (χ0) is 10.8. The first-order chi connectivity index (χ1) is 6.47. The summed E-state index contributed by atoms with van der Waals surface area (Å²) in [6.07, 6.45) is 4.25. The lowest BCUT2D eigenvalue weighted by atomic mass is 9.81. The number of hydrogen-bond donors (Lipinski definition) is 0. The summed E-state index contributed by atoms with van der Waals surface area (Å²) in [4.78, 5) is 11.2. The van der Waals surface area contributed by atoms with E-state index in [9.17, 15) is 4.79 Å². The van der Waals surface area contributed by atoms with Gasteiger partial charge in [-0.1, -0.05) is 33.3 Å². The van der Waals surface area contributed by atoms with Crippen molar-refractivity contribution in [2.24, 2.45) is 7.05 Å². The Morgan fingerprint density at radius 1 is 1.36 bits per heavy atom. The van der Waals surface area contributed by atoms with Gasteiger partial charge in [-0.05, 0) is 17.4 Å². The molecule has 0 atom stereocenters. The standard InChI is InChI=1S/C12H19NO/c1-5-8-12(2,3)10-6-7-11(14)13(4)9-10/h6-7,9H,5,8H2,1-4H3. The predicted molar refractivity (Wildman–Crippen MR) is 59.6 cm³/mol. The molecule has 1 heterocycles. The van der Waals surface area contributed by atoms with E-state index in [1.165, 1.54) is 5.56 Å². The van der Waals surface area contributed by atoms with Crippen molar-refractivity contribution in [1.82, 2.24) is 4.57 Å². The van der Waals surface area contributed by atoms with Crippen LogP contribution < -0.4 is 5.56 Å². The lowest BCUT2D eigenvalue weighted by Crippen LogP contribution is -2.22. The van der Waals surface area contributed by atoms with Gasteiger partial charge in [0.1, 0.15) is 0 Å². The first kappa shape index (κ1) is 11.0. The zero-order valence-corrected chi connectivity index (χ0v) is 9.50. The normalized spacial score (nSPS) is 11.7. The summed E-state index contributed by atoms with van der Waals surface area (Å²) in [7, 11) is 1.80. The molecule has 0 saturated carbocycles. The fourth-order valence-electron chi connectivity index (χ4n) is 1.76. The van der Waals surface area contributed by atoms with Crippen LogP contribution in [0.1, 0.15) is 39.2 Å². The number of aryl methyl sites for hydroxylation is 1. The first-order valence-electron chi connectivity index (χ1n) is 5.14. The maximum Gasteiger partial charge on any atom is 0.250 e. The third kappa shape index (κ3) is 2.25. The molecule has 0 unspecified atom stereocenters. The van der Waals surface area contributed by atoms with E-state index in [1.54, 1.807) is 17.7 Å². The number of rotatable bonds is 3. The Balaban J connectivity index is 3.07. The summed E-state index contributed by atoms with van der Waals surface area (Å²) >= 11 is 0. The average molecular weight is 193 g/mol. The maximum atomic E-state index is 11.2. The molecule has 0 bridgehead atoms. The third-order valence-corrected chi connectivity index (χ3v) is 2.74. The number of nitrogens with zero attached hydrogens (tertiary/aromatic N) is 1. The molecule has 0 aliphatic heterocycles. The third-order valence-electron chi connectivity index (χ3n) is 2.74. The first-order valence-corrected chi connectivity index (χ1v) is 5.14. The van der Waals surface area contributed by atoms with E-state index in [-0.39, 0.29) is 11.0 Å². The van der Waals surface area contributed by atoms with Gasteiger partial charge in [-0.3, -0.25) is 4.79 Å².